The highest BCUT2D eigenvalue weighted by molar-refractivity contribution is 5.84. The molecule has 2 saturated carbocycles. The van der Waals surface area contributed by atoms with Gasteiger partial charge in [-0.3, -0.25) is 4.79 Å². The summed E-state index contributed by atoms with van der Waals surface area (Å²) < 4.78 is -0.00505. The highest BCUT2D eigenvalue weighted by atomic mass is 16.6. The Balaban J connectivity index is 1.88. The number of hydrogen-bond acceptors (Lipinski definition) is 2. The van der Waals surface area contributed by atoms with Gasteiger partial charge in [0.05, 0.1) is 19.0 Å². The molecular weight excluding hydrogens is 238 g/mol. The van der Waals surface area contributed by atoms with Gasteiger partial charge in [0.15, 0.2) is 0 Å². The van der Waals surface area contributed by atoms with Gasteiger partial charge in [0, 0.05) is 18.8 Å². The van der Waals surface area contributed by atoms with Gasteiger partial charge in [-0.25, -0.2) is 0 Å². The summed E-state index contributed by atoms with van der Waals surface area (Å²) >= 11 is 0. The maximum atomic E-state index is 13.5. The number of rotatable bonds is 0. The Hall–Kier alpha value is -0.410. The number of ketones is 1. The third kappa shape index (κ3) is 1.38. The molecule has 2 unspecified atom stereocenters. The minimum atomic E-state index is -0.200. The largest absolute Gasteiger partial charge is 0.632 e. The fourth-order valence-electron chi connectivity index (χ4n) is 6.48. The summed E-state index contributed by atoms with van der Waals surface area (Å²) in [4.78, 5) is 12.6. The second kappa shape index (κ2) is 3.82. The molecule has 1 spiro atoms. The molecule has 4 aliphatic rings. The van der Waals surface area contributed by atoms with Crippen LogP contribution in [0.15, 0.2) is 0 Å². The first kappa shape index (κ1) is 12.3. The Morgan fingerprint density at radius 3 is 2.79 bits per heavy atom. The maximum absolute atomic E-state index is 13.5. The van der Waals surface area contributed by atoms with E-state index in [0.717, 1.165) is 45.2 Å². The molecule has 106 valence electrons. The van der Waals surface area contributed by atoms with Crippen molar-refractivity contribution in [2.24, 2.45) is 23.7 Å². The predicted octanol–water partition coefficient (Wildman–Crippen LogP) is 2.88. The molecule has 4 fully saturated rings. The topological polar surface area (TPSA) is 40.1 Å². The van der Waals surface area contributed by atoms with Crippen LogP contribution >= 0.6 is 0 Å². The first-order chi connectivity index (χ1) is 9.07. The van der Waals surface area contributed by atoms with Crippen molar-refractivity contribution in [1.29, 1.82) is 0 Å². The Bertz CT molecular complexity index is 419. The third-order valence-corrected chi connectivity index (χ3v) is 6.85. The summed E-state index contributed by atoms with van der Waals surface area (Å²) in [5, 5.41) is 13.5. The van der Waals surface area contributed by atoms with Crippen LogP contribution in [-0.4, -0.2) is 29.1 Å². The molecule has 2 bridgehead atoms. The molecule has 0 N–H and O–H groups in total. The van der Waals surface area contributed by atoms with Crippen LogP contribution in [0.2, 0.25) is 0 Å². The lowest BCUT2D eigenvalue weighted by atomic mass is 9.48. The Kier molecular flexibility index (Phi) is 2.48. The van der Waals surface area contributed by atoms with E-state index in [-0.39, 0.29) is 16.1 Å². The van der Waals surface area contributed by atoms with Crippen molar-refractivity contribution in [3.63, 3.8) is 0 Å². The van der Waals surface area contributed by atoms with Crippen molar-refractivity contribution in [3.8, 4) is 0 Å². The normalized spacial score (nSPS) is 56.6. The summed E-state index contributed by atoms with van der Waals surface area (Å²) in [5.74, 6) is 2.26. The lowest BCUT2D eigenvalue weighted by Gasteiger charge is -2.71. The van der Waals surface area contributed by atoms with Gasteiger partial charge in [0.2, 0.25) is 0 Å². The van der Waals surface area contributed by atoms with E-state index in [1.807, 2.05) is 0 Å². The lowest BCUT2D eigenvalue weighted by molar-refractivity contribution is -0.955. The molecule has 4 rings (SSSR count). The maximum Gasteiger partial charge on any atom is 0.142 e. The van der Waals surface area contributed by atoms with E-state index >= 15 is 0 Å². The van der Waals surface area contributed by atoms with Crippen LogP contribution in [-0.2, 0) is 4.79 Å². The van der Waals surface area contributed by atoms with Gasteiger partial charge in [0.25, 0.3) is 0 Å². The highest BCUT2D eigenvalue weighted by Gasteiger charge is 2.67. The summed E-state index contributed by atoms with van der Waals surface area (Å²) in [6, 6.07) is 0. The van der Waals surface area contributed by atoms with E-state index in [1.165, 1.54) is 12.8 Å². The molecule has 2 heterocycles. The molecule has 3 heteroatoms. The Labute approximate surface area is 115 Å². The molecule has 2 aliphatic carbocycles. The van der Waals surface area contributed by atoms with E-state index < -0.39 is 0 Å². The minimum Gasteiger partial charge on any atom is -0.632 e. The molecule has 2 saturated heterocycles. The van der Waals surface area contributed by atoms with E-state index in [1.54, 1.807) is 0 Å². The molecule has 2 aliphatic heterocycles. The van der Waals surface area contributed by atoms with Gasteiger partial charge in [-0.1, -0.05) is 6.92 Å². The number of hydroxylamine groups is 3. The number of Topliss-reactive ketones (excluding diaryl/α,β-unsaturated/α-hetero) is 1. The number of quaternary nitrogens is 1. The monoisotopic (exact) mass is 263 g/mol. The molecule has 3 nitrogen and oxygen atoms in total. The average molecular weight is 263 g/mol. The first-order valence-corrected chi connectivity index (χ1v) is 8.18. The van der Waals surface area contributed by atoms with Crippen molar-refractivity contribution in [1.82, 2.24) is 0 Å². The van der Waals surface area contributed by atoms with Crippen LogP contribution in [0.3, 0.4) is 0 Å². The van der Waals surface area contributed by atoms with Gasteiger partial charge < -0.3 is 9.85 Å². The highest BCUT2D eigenvalue weighted by Crippen LogP contribution is 2.61. The molecule has 0 radical (unpaired) electrons. The van der Waals surface area contributed by atoms with Crippen LogP contribution in [0.25, 0.3) is 0 Å². The van der Waals surface area contributed by atoms with E-state index in [0.29, 0.717) is 23.5 Å². The predicted molar refractivity (Wildman–Crippen MR) is 73.1 cm³/mol. The molecular formula is C16H25NO2. The van der Waals surface area contributed by atoms with Crippen LogP contribution in [0.5, 0.6) is 0 Å². The number of carbonyl (C=O) groups excluding carboxylic acids is 1. The van der Waals surface area contributed by atoms with E-state index in [2.05, 4.69) is 6.92 Å². The van der Waals surface area contributed by atoms with Crippen molar-refractivity contribution in [3.05, 3.63) is 5.21 Å². The van der Waals surface area contributed by atoms with Crippen LogP contribution in [0, 0.1) is 28.9 Å². The summed E-state index contributed by atoms with van der Waals surface area (Å²) in [6.07, 6.45) is 7.25. The standard InChI is InChI=1S/C16H25NO2/c1-11-8-12-9-15(18)14-5-3-7-17(19)6-2-4-13(12)16(14,17)10-11/h11-14H,2-10H2,1H3/t11?,12-,13+,14+,16+,17?/m0/s1. The number of piperidine rings is 2. The van der Waals surface area contributed by atoms with Crippen molar-refractivity contribution in [2.75, 3.05) is 13.1 Å². The molecule has 0 aromatic rings. The minimum absolute atomic E-state index is 0.00505. The van der Waals surface area contributed by atoms with Gasteiger partial charge in [-0.2, -0.15) is 0 Å². The molecule has 6 atom stereocenters. The zero-order valence-corrected chi connectivity index (χ0v) is 11.9. The van der Waals surface area contributed by atoms with Gasteiger partial charge >= 0.3 is 0 Å². The molecule has 0 amide bonds. The van der Waals surface area contributed by atoms with E-state index in [9.17, 15) is 10.0 Å². The Morgan fingerprint density at radius 1 is 1.26 bits per heavy atom. The van der Waals surface area contributed by atoms with Gasteiger partial charge in [-0.05, 0) is 43.9 Å². The van der Waals surface area contributed by atoms with Crippen LogP contribution < -0.4 is 0 Å². The first-order valence-electron chi connectivity index (χ1n) is 8.18. The fourth-order valence-corrected chi connectivity index (χ4v) is 6.48. The van der Waals surface area contributed by atoms with Crippen LogP contribution in [0.4, 0.5) is 0 Å². The second-order valence-corrected chi connectivity index (χ2v) is 7.75. The molecule has 19 heavy (non-hydrogen) atoms. The van der Waals surface area contributed by atoms with Crippen LogP contribution in [0.1, 0.15) is 51.9 Å². The third-order valence-electron chi connectivity index (χ3n) is 6.85. The van der Waals surface area contributed by atoms with Gasteiger partial charge in [0.1, 0.15) is 11.3 Å². The zero-order chi connectivity index (χ0) is 13.3. The second-order valence-electron chi connectivity index (χ2n) is 7.75. The summed E-state index contributed by atoms with van der Waals surface area (Å²) in [5.41, 5.74) is -0.200. The Morgan fingerprint density at radius 2 is 2.00 bits per heavy atom. The van der Waals surface area contributed by atoms with Crippen molar-refractivity contribution >= 4 is 5.78 Å². The summed E-state index contributed by atoms with van der Waals surface area (Å²) in [6.45, 7) is 3.86. The molecule has 0 aromatic carbocycles. The van der Waals surface area contributed by atoms with Gasteiger partial charge in [-0.15, -0.1) is 0 Å². The quantitative estimate of drug-likeness (QED) is 0.498. The zero-order valence-electron chi connectivity index (χ0n) is 11.9. The molecule has 0 aromatic heterocycles. The number of nitrogens with zero attached hydrogens (tertiary/aromatic N) is 1. The smallest absolute Gasteiger partial charge is 0.142 e. The van der Waals surface area contributed by atoms with Crippen molar-refractivity contribution in [2.45, 2.75) is 57.4 Å². The van der Waals surface area contributed by atoms with Crippen molar-refractivity contribution < 1.29 is 9.44 Å². The number of hydrogen-bond donors (Lipinski definition) is 0. The van der Waals surface area contributed by atoms with E-state index in [4.69, 9.17) is 0 Å². The summed E-state index contributed by atoms with van der Waals surface area (Å²) in [7, 11) is 0. The average Bonchev–Trinajstić information content (AvgIpc) is 2.34. The fraction of sp³-hybridized carbons (Fsp3) is 0.938. The SMILES string of the molecule is CC1C[C@H]2CC(=O)[C@H]3CCC[N+]4([O-])CCC[C@H]2[C@]34C1. The lowest BCUT2D eigenvalue weighted by Crippen LogP contribution is -2.77. The number of carbonyl (C=O) groups is 1.